The Morgan fingerprint density at radius 2 is 2.16 bits per heavy atom. The maximum atomic E-state index is 6.33. The molecular formula is C16H17ClO2. The molecule has 0 saturated carbocycles. The first-order valence-corrected chi connectivity index (χ1v) is 6.73. The van der Waals surface area contributed by atoms with Crippen molar-refractivity contribution >= 4 is 17.2 Å². The van der Waals surface area contributed by atoms with Crippen LogP contribution in [-0.4, -0.2) is 13.2 Å². The van der Waals surface area contributed by atoms with E-state index < -0.39 is 0 Å². The van der Waals surface area contributed by atoms with Gasteiger partial charge in [0.2, 0.25) is 0 Å². The number of ether oxygens (including phenoxy) is 2. The molecule has 0 aliphatic carbocycles. The van der Waals surface area contributed by atoms with Gasteiger partial charge in [-0.15, -0.1) is 0 Å². The summed E-state index contributed by atoms with van der Waals surface area (Å²) in [7, 11) is 0. The molecule has 0 saturated heterocycles. The van der Waals surface area contributed by atoms with E-state index in [1.54, 1.807) is 12.2 Å². The highest BCUT2D eigenvalue weighted by Gasteiger charge is 2.19. The summed E-state index contributed by atoms with van der Waals surface area (Å²) in [5.74, 6) is 1.54. The maximum absolute atomic E-state index is 6.33. The standard InChI is InChI=1S/C16H17ClO2/c1-3-6-12(14(17)7-4-2)13-8-5-9-15-16(13)19-11-10-18-15/h4-9H,2-3,10-11H2,1H3/b12-6-,14-7+. The van der Waals surface area contributed by atoms with Crippen molar-refractivity contribution in [2.75, 3.05) is 13.2 Å². The molecule has 1 aromatic rings. The normalized spacial score (nSPS) is 15.3. The highest BCUT2D eigenvalue weighted by atomic mass is 35.5. The zero-order valence-electron chi connectivity index (χ0n) is 11.0. The van der Waals surface area contributed by atoms with Crippen LogP contribution in [0.4, 0.5) is 0 Å². The molecule has 1 aliphatic rings. The van der Waals surface area contributed by atoms with Crippen molar-refractivity contribution in [3.63, 3.8) is 0 Å². The molecule has 0 spiro atoms. The molecule has 0 amide bonds. The Morgan fingerprint density at radius 1 is 1.37 bits per heavy atom. The van der Waals surface area contributed by atoms with E-state index in [2.05, 4.69) is 19.6 Å². The zero-order chi connectivity index (χ0) is 13.7. The third-order valence-electron chi connectivity index (χ3n) is 2.79. The summed E-state index contributed by atoms with van der Waals surface area (Å²) in [5, 5.41) is 0.652. The van der Waals surface area contributed by atoms with Gasteiger partial charge in [0.15, 0.2) is 11.5 Å². The van der Waals surface area contributed by atoms with Crippen molar-refractivity contribution in [1.29, 1.82) is 0 Å². The van der Waals surface area contributed by atoms with Gasteiger partial charge in [0, 0.05) is 16.2 Å². The lowest BCUT2D eigenvalue weighted by Crippen LogP contribution is -2.16. The first-order valence-electron chi connectivity index (χ1n) is 6.35. The molecule has 0 bridgehead atoms. The van der Waals surface area contributed by atoms with Gasteiger partial charge in [-0.3, -0.25) is 0 Å². The van der Waals surface area contributed by atoms with E-state index in [0.29, 0.717) is 18.2 Å². The fourth-order valence-electron chi connectivity index (χ4n) is 2.02. The van der Waals surface area contributed by atoms with Crippen molar-refractivity contribution in [1.82, 2.24) is 0 Å². The molecule has 1 aromatic carbocycles. The Balaban J connectivity index is 2.51. The number of rotatable bonds is 4. The smallest absolute Gasteiger partial charge is 0.169 e. The van der Waals surface area contributed by atoms with E-state index in [-0.39, 0.29) is 0 Å². The molecule has 1 aliphatic heterocycles. The molecule has 0 atom stereocenters. The highest BCUT2D eigenvalue weighted by Crippen LogP contribution is 2.40. The molecule has 0 fully saturated rings. The Labute approximate surface area is 119 Å². The minimum atomic E-state index is 0.562. The fraction of sp³-hybridized carbons (Fsp3) is 0.250. The number of hydrogen-bond acceptors (Lipinski definition) is 2. The number of benzene rings is 1. The summed E-state index contributed by atoms with van der Waals surface area (Å²) in [4.78, 5) is 0. The lowest BCUT2D eigenvalue weighted by molar-refractivity contribution is 0.171. The number of fused-ring (bicyclic) bond motifs is 1. The first kappa shape index (κ1) is 13.8. The van der Waals surface area contributed by atoms with Gasteiger partial charge in [0.1, 0.15) is 13.2 Å². The van der Waals surface area contributed by atoms with Crippen LogP contribution in [0.5, 0.6) is 11.5 Å². The molecule has 0 radical (unpaired) electrons. The summed E-state index contributed by atoms with van der Waals surface area (Å²) >= 11 is 6.33. The molecule has 0 N–H and O–H groups in total. The Bertz CT molecular complexity index is 530. The average Bonchev–Trinajstić information content (AvgIpc) is 2.44. The van der Waals surface area contributed by atoms with E-state index >= 15 is 0 Å². The predicted octanol–water partition coefficient (Wildman–Crippen LogP) is 4.56. The summed E-state index contributed by atoms with van der Waals surface area (Å²) in [5.41, 5.74) is 1.91. The van der Waals surface area contributed by atoms with Crippen LogP contribution in [0.2, 0.25) is 0 Å². The van der Waals surface area contributed by atoms with Crippen molar-refractivity contribution in [3.8, 4) is 11.5 Å². The van der Waals surface area contributed by atoms with Crippen LogP contribution in [-0.2, 0) is 0 Å². The monoisotopic (exact) mass is 276 g/mol. The van der Waals surface area contributed by atoms with Gasteiger partial charge in [0.05, 0.1) is 0 Å². The second-order valence-electron chi connectivity index (χ2n) is 4.11. The minimum absolute atomic E-state index is 0.562. The second kappa shape index (κ2) is 6.48. The first-order chi connectivity index (χ1) is 9.27. The summed E-state index contributed by atoms with van der Waals surface area (Å²) < 4.78 is 11.3. The lowest BCUT2D eigenvalue weighted by atomic mass is 10.0. The third-order valence-corrected chi connectivity index (χ3v) is 3.12. The predicted molar refractivity (Wildman–Crippen MR) is 79.8 cm³/mol. The number of halogens is 1. The van der Waals surface area contributed by atoms with E-state index in [0.717, 1.165) is 29.1 Å². The van der Waals surface area contributed by atoms with E-state index in [4.69, 9.17) is 21.1 Å². The van der Waals surface area contributed by atoms with Crippen molar-refractivity contribution in [2.45, 2.75) is 13.3 Å². The van der Waals surface area contributed by atoms with Crippen LogP contribution in [0.1, 0.15) is 18.9 Å². The molecule has 1 heterocycles. The third kappa shape index (κ3) is 3.02. The van der Waals surface area contributed by atoms with Crippen LogP contribution in [0, 0.1) is 0 Å². The number of para-hydroxylation sites is 1. The van der Waals surface area contributed by atoms with Crippen LogP contribution >= 0.6 is 11.6 Å². The van der Waals surface area contributed by atoms with E-state index in [1.807, 2.05) is 18.2 Å². The number of hydrogen-bond donors (Lipinski definition) is 0. The summed E-state index contributed by atoms with van der Waals surface area (Å²) in [6.45, 7) is 6.90. The van der Waals surface area contributed by atoms with E-state index in [9.17, 15) is 0 Å². The van der Waals surface area contributed by atoms with Gasteiger partial charge < -0.3 is 9.47 Å². The quantitative estimate of drug-likeness (QED) is 0.751. The molecule has 2 rings (SSSR count). The van der Waals surface area contributed by atoms with Crippen LogP contribution in [0.15, 0.2) is 48.0 Å². The summed E-state index contributed by atoms with van der Waals surface area (Å²) in [6, 6.07) is 5.85. The largest absolute Gasteiger partial charge is 0.486 e. The molecule has 0 aromatic heterocycles. The zero-order valence-corrected chi connectivity index (χ0v) is 11.7. The second-order valence-corrected chi connectivity index (χ2v) is 4.51. The van der Waals surface area contributed by atoms with Crippen molar-refractivity contribution in [3.05, 3.63) is 53.6 Å². The van der Waals surface area contributed by atoms with Gasteiger partial charge >= 0.3 is 0 Å². The highest BCUT2D eigenvalue weighted by molar-refractivity contribution is 6.37. The SMILES string of the molecule is C=C/C=C(Cl)\C(=C/CC)c1cccc2c1OCCO2. The van der Waals surface area contributed by atoms with E-state index in [1.165, 1.54) is 0 Å². The Morgan fingerprint density at radius 3 is 2.89 bits per heavy atom. The molecule has 0 unspecified atom stereocenters. The summed E-state index contributed by atoms with van der Waals surface area (Å²) in [6.07, 6.45) is 6.43. The van der Waals surface area contributed by atoms with Crippen LogP contribution in [0.3, 0.4) is 0 Å². The van der Waals surface area contributed by atoms with Gasteiger partial charge in [-0.2, -0.15) is 0 Å². The lowest BCUT2D eigenvalue weighted by Gasteiger charge is -2.22. The topological polar surface area (TPSA) is 18.5 Å². The van der Waals surface area contributed by atoms with Crippen molar-refractivity contribution in [2.24, 2.45) is 0 Å². The minimum Gasteiger partial charge on any atom is -0.486 e. The Kier molecular flexibility index (Phi) is 4.69. The molecule has 19 heavy (non-hydrogen) atoms. The van der Waals surface area contributed by atoms with Gasteiger partial charge in [0.25, 0.3) is 0 Å². The molecular weight excluding hydrogens is 260 g/mol. The van der Waals surface area contributed by atoms with Crippen molar-refractivity contribution < 1.29 is 9.47 Å². The van der Waals surface area contributed by atoms with Gasteiger partial charge in [-0.1, -0.05) is 49.4 Å². The molecule has 3 heteroatoms. The van der Waals surface area contributed by atoms with Gasteiger partial charge in [-0.25, -0.2) is 0 Å². The molecule has 100 valence electrons. The number of allylic oxidation sites excluding steroid dienone is 5. The Hall–Kier alpha value is -1.67. The van der Waals surface area contributed by atoms with Crippen LogP contribution < -0.4 is 9.47 Å². The fourth-order valence-corrected chi connectivity index (χ4v) is 2.29. The average molecular weight is 277 g/mol. The maximum Gasteiger partial charge on any atom is 0.169 e. The van der Waals surface area contributed by atoms with Gasteiger partial charge in [-0.05, 0) is 18.6 Å². The van der Waals surface area contributed by atoms with Crippen LogP contribution in [0.25, 0.3) is 5.57 Å². The molecule has 2 nitrogen and oxygen atoms in total.